The number of likely N-dealkylation sites (tertiary alicyclic amines) is 2. The fourth-order valence-electron chi connectivity index (χ4n) is 4.80. The van der Waals surface area contributed by atoms with Gasteiger partial charge in [-0.2, -0.15) is 0 Å². The fourth-order valence-corrected chi connectivity index (χ4v) is 4.80. The number of carbonyl (C=O) groups is 2. The molecule has 8 heteroatoms. The fraction of sp³-hybridized carbons (Fsp3) is 0.824. The van der Waals surface area contributed by atoms with Crippen molar-refractivity contribution in [1.82, 2.24) is 30.0 Å². The van der Waals surface area contributed by atoms with Crippen molar-refractivity contribution in [2.24, 2.45) is 5.41 Å². The summed E-state index contributed by atoms with van der Waals surface area (Å²) < 4.78 is 1.43. The van der Waals surface area contributed by atoms with Gasteiger partial charge in [-0.3, -0.25) is 9.59 Å². The van der Waals surface area contributed by atoms with E-state index in [2.05, 4.69) is 20.4 Å². The molecule has 2 aliphatic heterocycles. The van der Waals surface area contributed by atoms with Crippen molar-refractivity contribution in [3.63, 3.8) is 0 Å². The molecule has 1 aliphatic carbocycles. The third kappa shape index (κ3) is 3.14. The molecule has 0 aromatic carbocycles. The normalized spacial score (nSPS) is 28.1. The minimum Gasteiger partial charge on any atom is -0.340 e. The molecule has 136 valence electrons. The first kappa shape index (κ1) is 16.5. The average Bonchev–Trinajstić information content (AvgIpc) is 3.29. The van der Waals surface area contributed by atoms with Crippen LogP contribution in [0.1, 0.15) is 51.4 Å². The van der Waals surface area contributed by atoms with E-state index in [1.165, 1.54) is 30.3 Å². The standard InChI is InChI=1S/C17H26N6O2/c24-15(11-22-13-18-19-20-22)21-10-8-17(12-21)7-4-9-23(16(17)25)14-5-2-1-3-6-14/h13-14H,1-12H2/t17-/m1/s1. The van der Waals surface area contributed by atoms with Crippen molar-refractivity contribution in [2.75, 3.05) is 19.6 Å². The predicted molar refractivity (Wildman–Crippen MR) is 89.3 cm³/mol. The molecule has 4 rings (SSSR count). The number of tetrazole rings is 1. The van der Waals surface area contributed by atoms with E-state index in [-0.39, 0.29) is 17.9 Å². The maximum Gasteiger partial charge on any atom is 0.244 e. The Morgan fingerprint density at radius 2 is 2.00 bits per heavy atom. The van der Waals surface area contributed by atoms with Crippen LogP contribution >= 0.6 is 0 Å². The molecule has 1 saturated carbocycles. The van der Waals surface area contributed by atoms with Gasteiger partial charge in [-0.25, -0.2) is 4.68 Å². The molecule has 8 nitrogen and oxygen atoms in total. The molecule has 0 unspecified atom stereocenters. The SMILES string of the molecule is O=C(Cn1cnnn1)N1CC[C@]2(CCCN(C3CCCCC3)C2=O)C1. The van der Waals surface area contributed by atoms with Crippen molar-refractivity contribution in [3.05, 3.63) is 6.33 Å². The summed E-state index contributed by atoms with van der Waals surface area (Å²) in [6.07, 6.45) is 10.2. The molecule has 3 aliphatic rings. The molecular formula is C17H26N6O2. The Labute approximate surface area is 147 Å². The van der Waals surface area contributed by atoms with Crippen LogP contribution in [-0.4, -0.2) is 67.5 Å². The molecular weight excluding hydrogens is 320 g/mol. The number of rotatable bonds is 3. The lowest BCUT2D eigenvalue weighted by Crippen LogP contribution is -2.54. The summed E-state index contributed by atoms with van der Waals surface area (Å²) in [6, 6.07) is 0.421. The first-order valence-electron chi connectivity index (χ1n) is 9.48. The summed E-state index contributed by atoms with van der Waals surface area (Å²) >= 11 is 0. The lowest BCUT2D eigenvalue weighted by atomic mass is 9.77. The first-order valence-corrected chi connectivity index (χ1v) is 9.48. The Balaban J connectivity index is 1.42. The van der Waals surface area contributed by atoms with E-state index >= 15 is 0 Å². The van der Waals surface area contributed by atoms with Crippen molar-refractivity contribution < 1.29 is 9.59 Å². The van der Waals surface area contributed by atoms with Gasteiger partial charge in [-0.1, -0.05) is 19.3 Å². The Bertz CT molecular complexity index is 627. The Morgan fingerprint density at radius 1 is 1.16 bits per heavy atom. The number of aromatic nitrogens is 4. The second-order valence-electron chi connectivity index (χ2n) is 7.75. The van der Waals surface area contributed by atoms with Gasteiger partial charge in [0.05, 0.1) is 5.41 Å². The van der Waals surface area contributed by atoms with Crippen LogP contribution in [0.4, 0.5) is 0 Å². The van der Waals surface area contributed by atoms with E-state index in [0.29, 0.717) is 25.0 Å². The minimum atomic E-state index is -0.355. The average molecular weight is 346 g/mol. The summed E-state index contributed by atoms with van der Waals surface area (Å²) in [5.74, 6) is 0.287. The molecule has 3 heterocycles. The second-order valence-corrected chi connectivity index (χ2v) is 7.75. The van der Waals surface area contributed by atoms with Gasteiger partial charge in [0.1, 0.15) is 12.9 Å². The van der Waals surface area contributed by atoms with Crippen LogP contribution < -0.4 is 0 Å². The van der Waals surface area contributed by atoms with Gasteiger partial charge in [-0.15, -0.1) is 5.10 Å². The van der Waals surface area contributed by atoms with Crippen LogP contribution in [0.25, 0.3) is 0 Å². The summed E-state index contributed by atoms with van der Waals surface area (Å²) in [5.41, 5.74) is -0.355. The van der Waals surface area contributed by atoms with Crippen LogP contribution in [0.2, 0.25) is 0 Å². The highest BCUT2D eigenvalue weighted by molar-refractivity contribution is 5.86. The van der Waals surface area contributed by atoms with Crippen molar-refractivity contribution >= 4 is 11.8 Å². The van der Waals surface area contributed by atoms with Gasteiger partial charge in [0, 0.05) is 25.7 Å². The largest absolute Gasteiger partial charge is 0.340 e. The van der Waals surface area contributed by atoms with E-state index in [0.717, 1.165) is 38.6 Å². The van der Waals surface area contributed by atoms with Gasteiger partial charge >= 0.3 is 0 Å². The highest BCUT2D eigenvalue weighted by Crippen LogP contribution is 2.42. The lowest BCUT2D eigenvalue weighted by Gasteiger charge is -2.44. The van der Waals surface area contributed by atoms with Gasteiger partial charge in [0.15, 0.2) is 0 Å². The van der Waals surface area contributed by atoms with Gasteiger partial charge in [-0.05, 0) is 42.5 Å². The third-order valence-corrected chi connectivity index (χ3v) is 6.18. The highest BCUT2D eigenvalue weighted by atomic mass is 16.2. The smallest absolute Gasteiger partial charge is 0.244 e. The van der Waals surface area contributed by atoms with Crippen molar-refractivity contribution in [3.8, 4) is 0 Å². The molecule has 1 spiro atoms. The number of hydrogen-bond donors (Lipinski definition) is 0. The van der Waals surface area contributed by atoms with Crippen LogP contribution in [0.15, 0.2) is 6.33 Å². The lowest BCUT2D eigenvalue weighted by molar-refractivity contribution is -0.149. The van der Waals surface area contributed by atoms with E-state index < -0.39 is 0 Å². The monoisotopic (exact) mass is 346 g/mol. The van der Waals surface area contributed by atoms with Crippen LogP contribution in [0.5, 0.6) is 0 Å². The maximum atomic E-state index is 13.3. The Morgan fingerprint density at radius 3 is 2.76 bits per heavy atom. The summed E-state index contributed by atoms with van der Waals surface area (Å²) in [4.78, 5) is 29.8. The van der Waals surface area contributed by atoms with Crippen molar-refractivity contribution in [2.45, 2.75) is 64.0 Å². The van der Waals surface area contributed by atoms with E-state index in [4.69, 9.17) is 0 Å². The van der Waals surface area contributed by atoms with Gasteiger partial charge in [0.25, 0.3) is 0 Å². The van der Waals surface area contributed by atoms with Crippen molar-refractivity contribution in [1.29, 1.82) is 0 Å². The van der Waals surface area contributed by atoms with E-state index in [9.17, 15) is 9.59 Å². The molecule has 25 heavy (non-hydrogen) atoms. The van der Waals surface area contributed by atoms with Crippen LogP contribution in [0.3, 0.4) is 0 Å². The molecule has 1 aromatic rings. The summed E-state index contributed by atoms with van der Waals surface area (Å²) in [7, 11) is 0. The quantitative estimate of drug-likeness (QED) is 0.810. The Kier molecular flexibility index (Phi) is 4.43. The number of hydrogen-bond acceptors (Lipinski definition) is 5. The van der Waals surface area contributed by atoms with Gasteiger partial charge < -0.3 is 9.80 Å². The summed E-state index contributed by atoms with van der Waals surface area (Å²) in [6.45, 7) is 2.24. The molecule has 0 radical (unpaired) electrons. The Hall–Kier alpha value is -1.99. The predicted octanol–water partition coefficient (Wildman–Crippen LogP) is 0.847. The van der Waals surface area contributed by atoms with Gasteiger partial charge in [0.2, 0.25) is 11.8 Å². The molecule has 2 amide bonds. The third-order valence-electron chi connectivity index (χ3n) is 6.18. The molecule has 1 atom stereocenters. The minimum absolute atomic E-state index is 0.00763. The maximum absolute atomic E-state index is 13.3. The zero-order valence-electron chi connectivity index (χ0n) is 14.6. The summed E-state index contributed by atoms with van der Waals surface area (Å²) in [5, 5.41) is 10.9. The van der Waals surface area contributed by atoms with Crippen LogP contribution in [-0.2, 0) is 16.1 Å². The van der Waals surface area contributed by atoms with E-state index in [1.807, 2.05) is 4.90 Å². The second kappa shape index (κ2) is 6.72. The number of amides is 2. The number of piperidine rings is 1. The zero-order chi connectivity index (χ0) is 17.3. The molecule has 3 fully saturated rings. The first-order chi connectivity index (χ1) is 12.2. The van der Waals surface area contributed by atoms with Crippen LogP contribution in [0, 0.1) is 5.41 Å². The topological polar surface area (TPSA) is 84.2 Å². The zero-order valence-corrected chi connectivity index (χ0v) is 14.6. The molecule has 0 N–H and O–H groups in total. The highest BCUT2D eigenvalue weighted by Gasteiger charge is 2.50. The molecule has 2 saturated heterocycles. The number of nitrogens with zero attached hydrogens (tertiary/aromatic N) is 6. The molecule has 0 bridgehead atoms. The molecule has 1 aromatic heterocycles. The van der Waals surface area contributed by atoms with E-state index in [1.54, 1.807) is 0 Å². The number of carbonyl (C=O) groups excluding carboxylic acids is 2.